The topological polar surface area (TPSA) is 59.6 Å². The lowest BCUT2D eigenvalue weighted by molar-refractivity contribution is -0.148. The summed E-state index contributed by atoms with van der Waals surface area (Å²) in [4.78, 5) is 18.7. The van der Waals surface area contributed by atoms with E-state index in [0.29, 0.717) is 13.2 Å². The third kappa shape index (κ3) is 3.16. The molecule has 2 atom stereocenters. The number of nitrogens with one attached hydrogen (secondary N) is 2. The van der Waals surface area contributed by atoms with Crippen molar-refractivity contribution in [3.05, 3.63) is 57.8 Å². The largest absolute Gasteiger partial charge is 0.467 e. The van der Waals surface area contributed by atoms with Crippen molar-refractivity contribution in [3.63, 3.8) is 0 Å². The van der Waals surface area contributed by atoms with Crippen molar-refractivity contribution in [2.45, 2.75) is 25.1 Å². The number of methoxy groups -OCH3 is 1. The van der Waals surface area contributed by atoms with Crippen molar-refractivity contribution >= 4 is 17.3 Å². The lowest BCUT2D eigenvalue weighted by Gasteiger charge is -2.36. The van der Waals surface area contributed by atoms with Crippen molar-refractivity contribution in [1.82, 2.24) is 10.8 Å². The number of rotatable bonds is 5. The number of carbonyl (C=O) groups is 1. The Morgan fingerprint density at radius 2 is 2.17 bits per heavy atom. The van der Waals surface area contributed by atoms with E-state index >= 15 is 0 Å². The summed E-state index contributed by atoms with van der Waals surface area (Å²) in [7, 11) is 1.41. The molecule has 0 saturated carbocycles. The predicted molar refractivity (Wildman–Crippen MR) is 88.8 cm³/mol. The second kappa shape index (κ2) is 6.80. The van der Waals surface area contributed by atoms with Crippen LogP contribution in [0.25, 0.3) is 0 Å². The molecule has 0 aliphatic carbocycles. The van der Waals surface area contributed by atoms with Gasteiger partial charge in [0.1, 0.15) is 5.54 Å². The summed E-state index contributed by atoms with van der Waals surface area (Å²) in [6.07, 6.45) is 0. The Morgan fingerprint density at radius 3 is 2.91 bits per heavy atom. The lowest BCUT2D eigenvalue weighted by atomic mass is 9.89. The molecule has 1 aromatic carbocycles. The van der Waals surface area contributed by atoms with E-state index in [1.54, 1.807) is 11.3 Å². The molecule has 0 radical (unpaired) electrons. The van der Waals surface area contributed by atoms with Gasteiger partial charge in [0.25, 0.3) is 0 Å². The molecule has 0 fully saturated rings. The molecule has 5 nitrogen and oxygen atoms in total. The Hall–Kier alpha value is -1.73. The van der Waals surface area contributed by atoms with Gasteiger partial charge in [-0.15, -0.1) is 11.3 Å². The van der Waals surface area contributed by atoms with E-state index in [1.807, 2.05) is 48.7 Å². The smallest absolute Gasteiger partial charge is 0.331 e. The fraction of sp³-hybridized carbons (Fsp3) is 0.353. The second-order valence-corrected chi connectivity index (χ2v) is 6.56. The van der Waals surface area contributed by atoms with Crippen molar-refractivity contribution < 1.29 is 14.4 Å². The minimum absolute atomic E-state index is 0.00214. The molecule has 0 bridgehead atoms. The monoisotopic (exact) mass is 332 g/mol. The summed E-state index contributed by atoms with van der Waals surface area (Å²) in [5, 5.41) is 5.27. The minimum atomic E-state index is -0.796. The molecule has 1 aliphatic heterocycles. The summed E-state index contributed by atoms with van der Waals surface area (Å²) in [5.41, 5.74) is 4.49. The molecule has 0 spiro atoms. The quantitative estimate of drug-likeness (QED) is 0.651. The number of hydroxylamine groups is 1. The van der Waals surface area contributed by atoms with Crippen LogP contribution in [-0.2, 0) is 26.5 Å². The van der Waals surface area contributed by atoms with E-state index in [2.05, 4.69) is 10.8 Å². The second-order valence-electron chi connectivity index (χ2n) is 5.65. The average molecular weight is 332 g/mol. The Balaban J connectivity index is 1.68. The first kappa shape index (κ1) is 16.1. The normalized spacial score (nSPS) is 23.3. The van der Waals surface area contributed by atoms with Crippen LogP contribution in [0.4, 0.5) is 0 Å². The molecule has 0 amide bonds. The molecule has 6 heteroatoms. The van der Waals surface area contributed by atoms with Crippen LogP contribution >= 0.6 is 11.3 Å². The lowest BCUT2D eigenvalue weighted by Crippen LogP contribution is -2.53. The first-order chi connectivity index (χ1) is 11.1. The van der Waals surface area contributed by atoms with E-state index in [9.17, 15) is 4.79 Å². The zero-order valence-electron chi connectivity index (χ0n) is 13.2. The molecular formula is C17H20N2O3S. The van der Waals surface area contributed by atoms with E-state index < -0.39 is 5.54 Å². The summed E-state index contributed by atoms with van der Waals surface area (Å²) < 4.78 is 4.95. The summed E-state index contributed by atoms with van der Waals surface area (Å²) in [6, 6.07) is 12.0. The van der Waals surface area contributed by atoms with Crippen molar-refractivity contribution in [1.29, 1.82) is 0 Å². The summed E-state index contributed by atoms with van der Waals surface area (Å²) in [5.74, 6) is -0.273. The van der Waals surface area contributed by atoms with Crippen LogP contribution < -0.4 is 10.8 Å². The van der Waals surface area contributed by atoms with Crippen molar-refractivity contribution in [2.24, 2.45) is 0 Å². The maximum Gasteiger partial charge on any atom is 0.331 e. The van der Waals surface area contributed by atoms with E-state index in [0.717, 1.165) is 16.0 Å². The Kier molecular flexibility index (Phi) is 4.77. The van der Waals surface area contributed by atoms with E-state index in [-0.39, 0.29) is 12.0 Å². The van der Waals surface area contributed by atoms with E-state index in [1.165, 1.54) is 7.11 Å². The number of hydrogen-bond acceptors (Lipinski definition) is 6. The molecule has 0 saturated heterocycles. The summed E-state index contributed by atoms with van der Waals surface area (Å²) in [6.45, 7) is 2.93. The highest BCUT2D eigenvalue weighted by Crippen LogP contribution is 2.37. The van der Waals surface area contributed by atoms with E-state index in [4.69, 9.17) is 9.57 Å². The number of fused-ring (bicyclic) bond motifs is 1. The van der Waals surface area contributed by atoms with Crippen LogP contribution in [0.2, 0.25) is 0 Å². The molecule has 3 rings (SSSR count). The van der Waals surface area contributed by atoms with Crippen LogP contribution in [0.5, 0.6) is 0 Å². The van der Waals surface area contributed by atoms with Crippen LogP contribution in [0.1, 0.15) is 29.0 Å². The van der Waals surface area contributed by atoms with Gasteiger partial charge in [-0.05, 0) is 29.5 Å². The minimum Gasteiger partial charge on any atom is -0.467 e. The molecule has 2 heterocycles. The third-order valence-corrected chi connectivity index (χ3v) is 5.24. The number of hydrogen-bond donors (Lipinski definition) is 2. The molecule has 2 aromatic rings. The molecule has 1 aliphatic rings. The molecule has 2 unspecified atom stereocenters. The molecule has 1 aromatic heterocycles. The van der Waals surface area contributed by atoms with Gasteiger partial charge < -0.3 is 4.74 Å². The van der Waals surface area contributed by atoms with Crippen LogP contribution in [0, 0.1) is 0 Å². The molecule has 23 heavy (non-hydrogen) atoms. The molecule has 122 valence electrons. The molecular weight excluding hydrogens is 312 g/mol. The van der Waals surface area contributed by atoms with Gasteiger partial charge in [0.05, 0.1) is 19.8 Å². The Labute approximate surface area is 139 Å². The maximum atomic E-state index is 12.1. The van der Waals surface area contributed by atoms with Crippen LogP contribution in [0.3, 0.4) is 0 Å². The zero-order chi connectivity index (χ0) is 16.3. The van der Waals surface area contributed by atoms with Crippen LogP contribution in [-0.4, -0.2) is 19.6 Å². The number of benzene rings is 1. The van der Waals surface area contributed by atoms with Gasteiger partial charge in [0.2, 0.25) is 0 Å². The number of ether oxygens (including phenoxy) is 1. The van der Waals surface area contributed by atoms with Crippen molar-refractivity contribution in [2.75, 3.05) is 13.7 Å². The number of thiophene rings is 1. The zero-order valence-corrected chi connectivity index (χ0v) is 14.0. The Morgan fingerprint density at radius 1 is 1.39 bits per heavy atom. The number of esters is 1. The number of carbonyl (C=O) groups excluding carboxylic acids is 1. The fourth-order valence-electron chi connectivity index (χ4n) is 2.77. The van der Waals surface area contributed by atoms with Crippen molar-refractivity contribution in [3.8, 4) is 0 Å². The third-order valence-electron chi connectivity index (χ3n) is 4.09. The highest BCUT2D eigenvalue weighted by Gasteiger charge is 2.43. The van der Waals surface area contributed by atoms with Gasteiger partial charge in [0, 0.05) is 11.4 Å². The fourth-order valence-corrected chi connectivity index (χ4v) is 3.86. The molecule has 2 N–H and O–H groups in total. The SMILES string of the molecule is COC(=O)C1(C)NCC(NOCc2ccccc2)c2ccsc21. The van der Waals surface area contributed by atoms with Gasteiger partial charge in [-0.25, -0.2) is 4.79 Å². The van der Waals surface area contributed by atoms with Gasteiger partial charge in [0.15, 0.2) is 0 Å². The maximum absolute atomic E-state index is 12.1. The predicted octanol–water partition coefficient (Wildman–Crippen LogP) is 2.50. The Bertz CT molecular complexity index is 673. The standard InChI is InChI=1S/C17H20N2O3S/c1-17(16(20)21-2)15-13(8-9-23-15)14(10-18-17)19-22-11-12-6-4-3-5-7-12/h3-9,14,18-19H,10-11H2,1-2H3. The van der Waals surface area contributed by atoms with Gasteiger partial charge in [-0.2, -0.15) is 5.48 Å². The first-order valence-corrected chi connectivity index (χ1v) is 8.35. The summed E-state index contributed by atoms with van der Waals surface area (Å²) >= 11 is 1.55. The van der Waals surface area contributed by atoms with Gasteiger partial charge >= 0.3 is 5.97 Å². The van der Waals surface area contributed by atoms with Gasteiger partial charge in [-0.3, -0.25) is 10.2 Å². The highest BCUT2D eigenvalue weighted by molar-refractivity contribution is 7.10. The van der Waals surface area contributed by atoms with Gasteiger partial charge in [-0.1, -0.05) is 30.3 Å². The highest BCUT2D eigenvalue weighted by atomic mass is 32.1. The first-order valence-electron chi connectivity index (χ1n) is 7.47. The average Bonchev–Trinajstić information content (AvgIpc) is 3.08. The van der Waals surface area contributed by atoms with Crippen LogP contribution in [0.15, 0.2) is 41.8 Å².